The lowest BCUT2D eigenvalue weighted by Gasteiger charge is -2.35. The van der Waals surface area contributed by atoms with Crippen molar-refractivity contribution in [2.75, 3.05) is 4.90 Å². The zero-order chi connectivity index (χ0) is 15.0. The Morgan fingerprint density at radius 1 is 1.24 bits per heavy atom. The van der Waals surface area contributed by atoms with Crippen LogP contribution in [0, 0.1) is 6.92 Å². The van der Waals surface area contributed by atoms with Gasteiger partial charge < -0.3 is 4.90 Å². The summed E-state index contributed by atoms with van der Waals surface area (Å²) in [5.41, 5.74) is 4.04. The number of rotatable bonds is 1. The first-order valence-electron chi connectivity index (χ1n) is 7.29. The molecule has 108 valence electrons. The van der Waals surface area contributed by atoms with Crippen LogP contribution in [-0.2, 0) is 6.42 Å². The van der Waals surface area contributed by atoms with Crippen molar-refractivity contribution < 1.29 is 4.79 Å². The van der Waals surface area contributed by atoms with Crippen molar-refractivity contribution in [2.24, 2.45) is 0 Å². The number of nitrogens with zero attached hydrogens (tertiary/aromatic N) is 1. The minimum Gasteiger partial charge on any atom is -0.305 e. The second kappa shape index (κ2) is 5.57. The van der Waals surface area contributed by atoms with Crippen LogP contribution in [0.25, 0.3) is 0 Å². The van der Waals surface area contributed by atoms with Gasteiger partial charge in [-0.1, -0.05) is 24.3 Å². The smallest absolute Gasteiger partial charge is 0.258 e. The van der Waals surface area contributed by atoms with Gasteiger partial charge in [0.2, 0.25) is 0 Å². The quantitative estimate of drug-likeness (QED) is 0.780. The van der Waals surface area contributed by atoms with Crippen molar-refractivity contribution in [3.05, 3.63) is 59.2 Å². The number of aryl methyl sites for hydroxylation is 2. The maximum absolute atomic E-state index is 13.0. The van der Waals surface area contributed by atoms with E-state index in [0.29, 0.717) is 0 Å². The van der Waals surface area contributed by atoms with Gasteiger partial charge in [0.1, 0.15) is 0 Å². The van der Waals surface area contributed by atoms with Gasteiger partial charge in [0.05, 0.1) is 0 Å². The van der Waals surface area contributed by atoms with Crippen LogP contribution in [0.3, 0.4) is 0 Å². The van der Waals surface area contributed by atoms with E-state index in [-0.39, 0.29) is 11.9 Å². The summed E-state index contributed by atoms with van der Waals surface area (Å²) in [6.45, 7) is 4.09. The van der Waals surface area contributed by atoms with Crippen molar-refractivity contribution in [3.63, 3.8) is 0 Å². The van der Waals surface area contributed by atoms with Gasteiger partial charge in [0, 0.05) is 22.2 Å². The summed E-state index contributed by atoms with van der Waals surface area (Å²) >= 11 is 4.37. The number of benzene rings is 2. The molecule has 2 aromatic carbocycles. The number of hydrogen-bond acceptors (Lipinski definition) is 2. The summed E-state index contributed by atoms with van der Waals surface area (Å²) in [5.74, 6) is 0.0723. The molecule has 0 aromatic heterocycles. The standard InChI is InChI=1S/C18H19NOS/c1-12-7-10-15(21)11-16(12)18(20)19-13(2)8-9-14-5-3-4-6-17(14)19/h3-7,10-11,13,21H,8-9H2,1-2H3. The van der Waals surface area contributed by atoms with Crippen LogP contribution in [0.1, 0.15) is 34.8 Å². The lowest BCUT2D eigenvalue weighted by Crippen LogP contribution is -2.42. The molecular formula is C18H19NOS. The Bertz CT molecular complexity index is 695. The summed E-state index contributed by atoms with van der Waals surface area (Å²) < 4.78 is 0. The van der Waals surface area contributed by atoms with Gasteiger partial charge >= 0.3 is 0 Å². The minimum absolute atomic E-state index is 0.0723. The Morgan fingerprint density at radius 2 is 2.00 bits per heavy atom. The van der Waals surface area contributed by atoms with Gasteiger partial charge in [-0.3, -0.25) is 4.79 Å². The van der Waals surface area contributed by atoms with E-state index in [2.05, 4.69) is 25.6 Å². The van der Waals surface area contributed by atoms with Gasteiger partial charge in [0.15, 0.2) is 0 Å². The highest BCUT2D eigenvalue weighted by atomic mass is 32.1. The molecule has 1 aliphatic rings. The molecule has 0 radical (unpaired) electrons. The third-order valence-electron chi connectivity index (χ3n) is 4.19. The number of para-hydroxylation sites is 1. The number of hydrogen-bond donors (Lipinski definition) is 1. The molecule has 2 nitrogen and oxygen atoms in total. The van der Waals surface area contributed by atoms with Crippen LogP contribution in [0.4, 0.5) is 5.69 Å². The summed E-state index contributed by atoms with van der Waals surface area (Å²) in [6.07, 6.45) is 2.04. The van der Waals surface area contributed by atoms with E-state index in [1.165, 1.54) is 5.56 Å². The fraction of sp³-hybridized carbons (Fsp3) is 0.278. The van der Waals surface area contributed by atoms with Gasteiger partial charge in [-0.15, -0.1) is 12.6 Å². The Kier molecular flexibility index (Phi) is 3.77. The van der Waals surface area contributed by atoms with E-state index >= 15 is 0 Å². The third-order valence-corrected chi connectivity index (χ3v) is 4.47. The summed E-state index contributed by atoms with van der Waals surface area (Å²) in [6, 6.07) is 14.2. The van der Waals surface area contributed by atoms with Gasteiger partial charge in [0.25, 0.3) is 5.91 Å². The van der Waals surface area contributed by atoms with Crippen molar-refractivity contribution in [1.82, 2.24) is 0 Å². The maximum atomic E-state index is 13.0. The molecule has 3 heteroatoms. The first kappa shape index (κ1) is 14.2. The zero-order valence-corrected chi connectivity index (χ0v) is 13.2. The molecular weight excluding hydrogens is 278 g/mol. The van der Waals surface area contributed by atoms with Crippen molar-refractivity contribution in [1.29, 1.82) is 0 Å². The van der Waals surface area contributed by atoms with Crippen molar-refractivity contribution in [2.45, 2.75) is 37.6 Å². The van der Waals surface area contributed by atoms with E-state index in [1.807, 2.05) is 48.2 Å². The Labute approximate surface area is 131 Å². The number of carbonyl (C=O) groups excluding carboxylic acids is 1. The molecule has 3 rings (SSSR count). The second-order valence-corrected chi connectivity index (χ2v) is 6.21. The Hall–Kier alpha value is -1.74. The predicted molar refractivity (Wildman–Crippen MR) is 89.5 cm³/mol. The topological polar surface area (TPSA) is 20.3 Å². The summed E-state index contributed by atoms with van der Waals surface area (Å²) in [4.78, 5) is 15.8. The molecule has 1 atom stereocenters. The molecule has 0 saturated carbocycles. The Balaban J connectivity index is 2.07. The van der Waals surface area contributed by atoms with E-state index in [9.17, 15) is 4.79 Å². The average molecular weight is 297 g/mol. The van der Waals surface area contributed by atoms with E-state index in [1.54, 1.807) is 0 Å². The molecule has 2 aromatic rings. The Morgan fingerprint density at radius 3 is 2.81 bits per heavy atom. The first-order chi connectivity index (χ1) is 10.1. The highest BCUT2D eigenvalue weighted by Crippen LogP contribution is 2.32. The fourth-order valence-corrected chi connectivity index (χ4v) is 3.17. The van der Waals surface area contributed by atoms with Crippen molar-refractivity contribution in [3.8, 4) is 0 Å². The number of thiol groups is 1. The maximum Gasteiger partial charge on any atom is 0.258 e. The molecule has 0 bridgehead atoms. The average Bonchev–Trinajstić information content (AvgIpc) is 2.49. The van der Waals surface area contributed by atoms with Crippen LogP contribution >= 0.6 is 12.6 Å². The molecule has 1 unspecified atom stereocenters. The first-order valence-corrected chi connectivity index (χ1v) is 7.73. The number of fused-ring (bicyclic) bond motifs is 1. The lowest BCUT2D eigenvalue weighted by molar-refractivity contribution is 0.0974. The molecule has 0 N–H and O–H groups in total. The monoisotopic (exact) mass is 297 g/mol. The zero-order valence-electron chi connectivity index (χ0n) is 12.3. The number of anilines is 1. The van der Waals surface area contributed by atoms with Crippen LogP contribution in [0.2, 0.25) is 0 Å². The number of amides is 1. The predicted octanol–water partition coefficient (Wildman–Crippen LogP) is 4.27. The SMILES string of the molecule is Cc1ccc(S)cc1C(=O)N1c2ccccc2CCC1C. The van der Waals surface area contributed by atoms with Crippen LogP contribution in [0.15, 0.2) is 47.4 Å². The van der Waals surface area contributed by atoms with Gasteiger partial charge in [-0.25, -0.2) is 0 Å². The molecule has 0 fully saturated rings. The third kappa shape index (κ3) is 2.58. The molecule has 0 spiro atoms. The van der Waals surface area contributed by atoms with E-state index in [0.717, 1.165) is 34.6 Å². The van der Waals surface area contributed by atoms with Crippen LogP contribution in [0.5, 0.6) is 0 Å². The molecule has 1 aliphatic heterocycles. The van der Waals surface area contributed by atoms with Gasteiger partial charge in [-0.2, -0.15) is 0 Å². The van der Waals surface area contributed by atoms with Gasteiger partial charge in [-0.05, 0) is 56.0 Å². The van der Waals surface area contributed by atoms with Crippen LogP contribution in [-0.4, -0.2) is 11.9 Å². The molecule has 1 heterocycles. The molecule has 1 amide bonds. The molecule has 0 saturated heterocycles. The summed E-state index contributed by atoms with van der Waals surface area (Å²) in [7, 11) is 0. The molecule has 21 heavy (non-hydrogen) atoms. The van der Waals surface area contributed by atoms with Crippen LogP contribution < -0.4 is 4.90 Å². The normalized spacial score (nSPS) is 17.5. The number of carbonyl (C=O) groups is 1. The van der Waals surface area contributed by atoms with E-state index in [4.69, 9.17) is 0 Å². The lowest BCUT2D eigenvalue weighted by atomic mass is 9.95. The molecule has 0 aliphatic carbocycles. The van der Waals surface area contributed by atoms with Crippen molar-refractivity contribution >= 4 is 24.2 Å². The minimum atomic E-state index is 0.0723. The van der Waals surface area contributed by atoms with E-state index < -0.39 is 0 Å². The fourth-order valence-electron chi connectivity index (χ4n) is 2.97. The highest BCUT2D eigenvalue weighted by Gasteiger charge is 2.29. The second-order valence-electron chi connectivity index (χ2n) is 5.69. The largest absolute Gasteiger partial charge is 0.305 e. The summed E-state index contributed by atoms with van der Waals surface area (Å²) in [5, 5.41) is 0. The highest BCUT2D eigenvalue weighted by molar-refractivity contribution is 7.80.